The number of nitrogens with one attached hydrogen (secondary N) is 1. The van der Waals surface area contributed by atoms with Gasteiger partial charge in [-0.3, -0.25) is 4.79 Å². The Kier molecular flexibility index (Phi) is 4.12. The second-order valence-corrected chi connectivity index (χ2v) is 4.71. The second-order valence-electron chi connectivity index (χ2n) is 4.71. The zero-order chi connectivity index (χ0) is 13.0. The topological polar surface area (TPSA) is 58.1 Å². The predicted octanol–water partition coefficient (Wildman–Crippen LogP) is 1.92. The first-order valence-electron chi connectivity index (χ1n) is 6.55. The second kappa shape index (κ2) is 5.80. The van der Waals surface area contributed by atoms with E-state index >= 15 is 0 Å². The maximum atomic E-state index is 12.1. The van der Waals surface area contributed by atoms with E-state index in [1.807, 2.05) is 7.05 Å². The van der Waals surface area contributed by atoms with Crippen molar-refractivity contribution in [3.05, 3.63) is 18.1 Å². The van der Waals surface area contributed by atoms with Crippen LogP contribution in [0.1, 0.15) is 43.1 Å². The van der Waals surface area contributed by atoms with E-state index in [-0.39, 0.29) is 5.91 Å². The predicted molar refractivity (Wildman–Crippen MR) is 70.5 cm³/mol. The van der Waals surface area contributed by atoms with E-state index in [0.29, 0.717) is 11.7 Å². The van der Waals surface area contributed by atoms with Gasteiger partial charge in [0.15, 0.2) is 0 Å². The molecule has 18 heavy (non-hydrogen) atoms. The highest BCUT2D eigenvalue weighted by molar-refractivity contribution is 5.92. The van der Waals surface area contributed by atoms with E-state index in [9.17, 15) is 4.79 Å². The van der Waals surface area contributed by atoms with Gasteiger partial charge in [0.1, 0.15) is 11.5 Å². The molecule has 1 amide bonds. The third kappa shape index (κ3) is 2.78. The van der Waals surface area contributed by atoms with E-state index in [1.165, 1.54) is 6.42 Å². The Labute approximate surface area is 108 Å². The van der Waals surface area contributed by atoms with Crippen molar-refractivity contribution >= 4 is 11.7 Å². The first-order chi connectivity index (χ1) is 8.72. The minimum absolute atomic E-state index is 0.0331. The van der Waals surface area contributed by atoms with Crippen molar-refractivity contribution < 1.29 is 4.79 Å². The quantitative estimate of drug-likeness (QED) is 0.865. The molecule has 0 unspecified atom stereocenters. The molecule has 0 atom stereocenters. The molecule has 1 saturated carbocycles. The fourth-order valence-corrected chi connectivity index (χ4v) is 1.90. The van der Waals surface area contributed by atoms with Crippen LogP contribution in [-0.4, -0.2) is 40.4 Å². The van der Waals surface area contributed by atoms with Crippen LogP contribution in [0.25, 0.3) is 0 Å². The lowest BCUT2D eigenvalue weighted by molar-refractivity contribution is 0.0645. The summed E-state index contributed by atoms with van der Waals surface area (Å²) in [5.74, 6) is 0.689. The summed E-state index contributed by atoms with van der Waals surface area (Å²) in [7, 11) is 1.84. The molecular weight excluding hydrogens is 228 g/mol. The molecule has 5 heteroatoms. The van der Waals surface area contributed by atoms with Crippen molar-refractivity contribution in [2.45, 2.75) is 38.6 Å². The highest BCUT2D eigenvalue weighted by Crippen LogP contribution is 2.24. The number of carbonyl (C=O) groups excluding carboxylic acids is 1. The molecule has 1 aromatic heterocycles. The highest BCUT2D eigenvalue weighted by Gasteiger charge is 2.26. The van der Waals surface area contributed by atoms with Crippen LogP contribution in [0.2, 0.25) is 0 Å². The zero-order valence-electron chi connectivity index (χ0n) is 11.0. The number of rotatable bonds is 5. The Balaban J connectivity index is 1.97. The third-order valence-corrected chi connectivity index (χ3v) is 3.37. The fourth-order valence-electron chi connectivity index (χ4n) is 1.90. The van der Waals surface area contributed by atoms with E-state index in [0.717, 1.165) is 31.6 Å². The first kappa shape index (κ1) is 12.8. The van der Waals surface area contributed by atoms with Gasteiger partial charge in [-0.2, -0.15) is 0 Å². The van der Waals surface area contributed by atoms with Crippen molar-refractivity contribution in [3.63, 3.8) is 0 Å². The highest BCUT2D eigenvalue weighted by atomic mass is 16.2. The van der Waals surface area contributed by atoms with Crippen LogP contribution >= 0.6 is 0 Å². The van der Waals surface area contributed by atoms with Crippen molar-refractivity contribution in [2.24, 2.45) is 0 Å². The number of amides is 1. The Hall–Kier alpha value is -1.65. The lowest BCUT2D eigenvalue weighted by Crippen LogP contribution is -2.41. The monoisotopic (exact) mass is 248 g/mol. The molecular formula is C13H20N4O. The molecule has 0 saturated heterocycles. The smallest absolute Gasteiger partial charge is 0.274 e. The minimum atomic E-state index is -0.0331. The van der Waals surface area contributed by atoms with Crippen LogP contribution in [0.5, 0.6) is 0 Å². The van der Waals surface area contributed by atoms with Gasteiger partial charge >= 0.3 is 0 Å². The summed E-state index contributed by atoms with van der Waals surface area (Å²) in [4.78, 5) is 22.3. The lowest BCUT2D eigenvalue weighted by atomic mass is 9.92. The van der Waals surface area contributed by atoms with Gasteiger partial charge in [-0.15, -0.1) is 0 Å². The van der Waals surface area contributed by atoms with Gasteiger partial charge in [-0.05, 0) is 25.7 Å². The summed E-state index contributed by atoms with van der Waals surface area (Å²) in [6.45, 7) is 2.95. The molecule has 0 spiro atoms. The number of carbonyl (C=O) groups is 1. The van der Waals surface area contributed by atoms with Crippen LogP contribution in [0.4, 0.5) is 5.82 Å². The molecule has 0 bridgehead atoms. The molecule has 1 aliphatic carbocycles. The van der Waals surface area contributed by atoms with Crippen molar-refractivity contribution in [1.82, 2.24) is 14.9 Å². The number of anilines is 1. The molecule has 1 N–H and O–H groups in total. The van der Waals surface area contributed by atoms with E-state index < -0.39 is 0 Å². The minimum Gasteiger partial charge on any atom is -0.369 e. The summed E-state index contributed by atoms with van der Waals surface area (Å²) in [6, 6.07) is 0.386. The van der Waals surface area contributed by atoms with Gasteiger partial charge in [-0.1, -0.05) is 6.92 Å². The first-order valence-corrected chi connectivity index (χ1v) is 6.55. The van der Waals surface area contributed by atoms with Crippen LogP contribution in [0.3, 0.4) is 0 Å². The van der Waals surface area contributed by atoms with Gasteiger partial charge in [0, 0.05) is 19.6 Å². The third-order valence-electron chi connectivity index (χ3n) is 3.37. The molecule has 1 heterocycles. The number of hydrogen-bond donors (Lipinski definition) is 1. The van der Waals surface area contributed by atoms with Crippen LogP contribution in [0.15, 0.2) is 12.4 Å². The van der Waals surface area contributed by atoms with Gasteiger partial charge in [0.05, 0.1) is 12.4 Å². The molecule has 1 aliphatic rings. The summed E-state index contributed by atoms with van der Waals surface area (Å²) >= 11 is 0. The van der Waals surface area contributed by atoms with Crippen molar-refractivity contribution in [1.29, 1.82) is 0 Å². The Morgan fingerprint density at radius 3 is 2.72 bits per heavy atom. The summed E-state index contributed by atoms with van der Waals surface area (Å²) in [6.07, 6.45) is 7.63. The molecule has 2 rings (SSSR count). The molecule has 0 aliphatic heterocycles. The van der Waals surface area contributed by atoms with E-state index in [1.54, 1.807) is 17.3 Å². The Bertz CT molecular complexity index is 400. The molecule has 1 aromatic rings. The Morgan fingerprint density at radius 2 is 2.22 bits per heavy atom. The van der Waals surface area contributed by atoms with Gasteiger partial charge in [0.25, 0.3) is 5.91 Å². The Morgan fingerprint density at radius 1 is 1.44 bits per heavy atom. The van der Waals surface area contributed by atoms with Crippen LogP contribution in [-0.2, 0) is 0 Å². The van der Waals surface area contributed by atoms with Crippen molar-refractivity contribution in [3.8, 4) is 0 Å². The molecule has 5 nitrogen and oxygen atoms in total. The standard InChI is InChI=1S/C13H20N4O/c1-3-7-14-12-9-15-11(8-16-12)13(18)17(2)10-5-4-6-10/h8-10H,3-7H2,1-2H3,(H,14,16). The molecule has 0 radical (unpaired) electrons. The average Bonchev–Trinajstić information content (AvgIpc) is 2.34. The molecule has 0 aromatic carbocycles. The van der Waals surface area contributed by atoms with E-state index in [2.05, 4.69) is 22.2 Å². The lowest BCUT2D eigenvalue weighted by Gasteiger charge is -2.34. The maximum Gasteiger partial charge on any atom is 0.274 e. The van der Waals surface area contributed by atoms with Gasteiger partial charge < -0.3 is 10.2 Å². The van der Waals surface area contributed by atoms with Crippen LogP contribution in [0, 0.1) is 0 Å². The zero-order valence-corrected chi connectivity index (χ0v) is 11.0. The average molecular weight is 248 g/mol. The maximum absolute atomic E-state index is 12.1. The number of aromatic nitrogens is 2. The summed E-state index contributed by atoms with van der Waals surface area (Å²) in [5, 5.41) is 3.14. The SMILES string of the molecule is CCCNc1cnc(C(=O)N(C)C2CCC2)cn1. The largest absolute Gasteiger partial charge is 0.369 e. The molecule has 98 valence electrons. The molecule has 1 fully saturated rings. The van der Waals surface area contributed by atoms with Crippen LogP contribution < -0.4 is 5.32 Å². The number of nitrogens with zero attached hydrogens (tertiary/aromatic N) is 3. The fraction of sp³-hybridized carbons (Fsp3) is 0.615. The normalized spacial score (nSPS) is 15.0. The van der Waals surface area contributed by atoms with Crippen molar-refractivity contribution in [2.75, 3.05) is 18.9 Å². The summed E-state index contributed by atoms with van der Waals surface area (Å²) in [5.41, 5.74) is 0.423. The van der Waals surface area contributed by atoms with Gasteiger partial charge in [-0.25, -0.2) is 9.97 Å². The van der Waals surface area contributed by atoms with E-state index in [4.69, 9.17) is 0 Å². The summed E-state index contributed by atoms with van der Waals surface area (Å²) < 4.78 is 0. The van der Waals surface area contributed by atoms with Gasteiger partial charge in [0.2, 0.25) is 0 Å². The number of hydrogen-bond acceptors (Lipinski definition) is 4.